The molecule has 0 atom stereocenters. The van der Waals surface area contributed by atoms with E-state index in [0.717, 1.165) is 11.5 Å². The van der Waals surface area contributed by atoms with Gasteiger partial charge in [0.2, 0.25) is 0 Å². The molecule has 0 unspecified atom stereocenters. The highest BCUT2D eigenvalue weighted by molar-refractivity contribution is 5.28. The summed E-state index contributed by atoms with van der Waals surface area (Å²) in [5, 5.41) is 3.62. The van der Waals surface area contributed by atoms with Crippen molar-refractivity contribution in [3.63, 3.8) is 0 Å². The predicted octanol–water partition coefficient (Wildman–Crippen LogP) is 3.38. The molecule has 0 aliphatic rings. The zero-order chi connectivity index (χ0) is 11.4. The molecule has 0 N–H and O–H groups in total. The molecule has 84 valence electrons. The number of rotatable bonds is 4. The van der Waals surface area contributed by atoms with Crippen LogP contribution in [0.1, 0.15) is 31.1 Å². The predicted molar refractivity (Wildman–Crippen MR) is 61.4 cm³/mol. The van der Waals surface area contributed by atoms with Gasteiger partial charge in [-0.25, -0.2) is 0 Å². The van der Waals surface area contributed by atoms with Gasteiger partial charge in [-0.3, -0.25) is 0 Å². The number of nitrogens with zero attached hydrogens (tertiary/aromatic N) is 1. The maximum atomic E-state index is 5.55. The van der Waals surface area contributed by atoms with Crippen molar-refractivity contribution in [1.82, 2.24) is 5.16 Å². The molecule has 1 aromatic carbocycles. The second-order valence-corrected chi connectivity index (χ2v) is 3.99. The van der Waals surface area contributed by atoms with Gasteiger partial charge < -0.3 is 9.26 Å². The first kappa shape index (κ1) is 10.7. The lowest BCUT2D eigenvalue weighted by atomic mass is 10.0. The Labute approximate surface area is 95.0 Å². The van der Waals surface area contributed by atoms with Crippen molar-refractivity contribution in [2.75, 3.05) is 0 Å². The van der Waals surface area contributed by atoms with Crippen LogP contribution in [0.5, 0.6) is 5.75 Å². The van der Waals surface area contributed by atoms with Crippen LogP contribution in [-0.2, 0) is 6.61 Å². The van der Waals surface area contributed by atoms with Crippen molar-refractivity contribution in [1.29, 1.82) is 0 Å². The Balaban J connectivity index is 1.95. The number of aromatic nitrogens is 1. The van der Waals surface area contributed by atoms with Crippen molar-refractivity contribution in [3.05, 3.63) is 47.9 Å². The Kier molecular flexibility index (Phi) is 3.25. The second-order valence-electron chi connectivity index (χ2n) is 3.99. The van der Waals surface area contributed by atoms with Crippen LogP contribution in [0.2, 0.25) is 0 Å². The zero-order valence-corrected chi connectivity index (χ0v) is 9.51. The first-order valence-electron chi connectivity index (χ1n) is 5.38. The molecule has 2 aromatic rings. The van der Waals surface area contributed by atoms with Crippen molar-refractivity contribution >= 4 is 0 Å². The first-order valence-corrected chi connectivity index (χ1v) is 5.38. The molecule has 1 heterocycles. The van der Waals surface area contributed by atoms with Gasteiger partial charge in [0.05, 0.1) is 6.20 Å². The van der Waals surface area contributed by atoms with E-state index in [0.29, 0.717) is 12.5 Å². The van der Waals surface area contributed by atoms with Gasteiger partial charge in [0.25, 0.3) is 0 Å². The van der Waals surface area contributed by atoms with Gasteiger partial charge in [0.1, 0.15) is 12.4 Å². The van der Waals surface area contributed by atoms with Gasteiger partial charge in [-0.1, -0.05) is 31.1 Å². The van der Waals surface area contributed by atoms with Crippen molar-refractivity contribution < 1.29 is 9.26 Å². The molecule has 2 rings (SSSR count). The minimum absolute atomic E-state index is 0.418. The van der Waals surface area contributed by atoms with Gasteiger partial charge >= 0.3 is 0 Å². The second kappa shape index (κ2) is 4.84. The molecule has 0 bridgehead atoms. The van der Waals surface area contributed by atoms with Gasteiger partial charge in [0, 0.05) is 6.07 Å². The van der Waals surface area contributed by atoms with Crippen LogP contribution in [0.25, 0.3) is 0 Å². The Hall–Kier alpha value is -1.77. The highest BCUT2D eigenvalue weighted by Crippen LogP contribution is 2.19. The summed E-state index contributed by atoms with van der Waals surface area (Å²) in [7, 11) is 0. The molecule has 16 heavy (non-hydrogen) atoms. The lowest BCUT2D eigenvalue weighted by molar-refractivity contribution is 0.249. The lowest BCUT2D eigenvalue weighted by Crippen LogP contribution is -1.94. The van der Waals surface area contributed by atoms with Gasteiger partial charge in [-0.05, 0) is 23.6 Å². The monoisotopic (exact) mass is 217 g/mol. The fraction of sp³-hybridized carbons (Fsp3) is 0.308. The molecule has 0 aliphatic heterocycles. The number of benzene rings is 1. The topological polar surface area (TPSA) is 35.3 Å². The summed E-state index contributed by atoms with van der Waals surface area (Å²) in [5.74, 6) is 2.12. The Morgan fingerprint density at radius 2 is 1.94 bits per heavy atom. The summed E-state index contributed by atoms with van der Waals surface area (Å²) >= 11 is 0. The standard InChI is InChI=1S/C13H15NO2/c1-10(2)11-3-5-12(6-4-11)15-9-13-7-8-14-16-13/h3-8,10H,9H2,1-2H3. The van der Waals surface area contributed by atoms with E-state index in [1.165, 1.54) is 5.56 Å². The minimum Gasteiger partial charge on any atom is -0.486 e. The van der Waals surface area contributed by atoms with E-state index in [1.54, 1.807) is 12.3 Å². The van der Waals surface area contributed by atoms with Crippen LogP contribution in [0.15, 0.2) is 41.1 Å². The third kappa shape index (κ3) is 2.63. The fourth-order valence-electron chi connectivity index (χ4n) is 1.42. The summed E-state index contributed by atoms with van der Waals surface area (Å²) < 4.78 is 10.5. The highest BCUT2D eigenvalue weighted by atomic mass is 16.5. The molecule has 0 spiro atoms. The van der Waals surface area contributed by atoms with E-state index in [-0.39, 0.29) is 0 Å². The summed E-state index contributed by atoms with van der Waals surface area (Å²) in [6, 6.07) is 9.92. The molecule has 1 aromatic heterocycles. The molecule has 0 amide bonds. The Morgan fingerprint density at radius 3 is 2.50 bits per heavy atom. The van der Waals surface area contributed by atoms with E-state index >= 15 is 0 Å². The van der Waals surface area contributed by atoms with Gasteiger partial charge in [0.15, 0.2) is 5.76 Å². The average Bonchev–Trinajstić information content (AvgIpc) is 2.80. The largest absolute Gasteiger partial charge is 0.486 e. The van der Waals surface area contributed by atoms with Crippen LogP contribution < -0.4 is 4.74 Å². The summed E-state index contributed by atoms with van der Waals surface area (Å²) in [6.45, 7) is 4.76. The van der Waals surface area contributed by atoms with Gasteiger partial charge in [-0.15, -0.1) is 0 Å². The van der Waals surface area contributed by atoms with Crippen molar-refractivity contribution in [3.8, 4) is 5.75 Å². The first-order chi connectivity index (χ1) is 7.75. The minimum atomic E-state index is 0.418. The van der Waals surface area contributed by atoms with E-state index in [4.69, 9.17) is 9.26 Å². The van der Waals surface area contributed by atoms with E-state index in [1.807, 2.05) is 12.1 Å². The van der Waals surface area contributed by atoms with Crippen LogP contribution in [0.4, 0.5) is 0 Å². The molecule has 0 fully saturated rings. The van der Waals surface area contributed by atoms with Crippen LogP contribution >= 0.6 is 0 Å². The maximum Gasteiger partial charge on any atom is 0.174 e. The van der Waals surface area contributed by atoms with Crippen molar-refractivity contribution in [2.45, 2.75) is 26.4 Å². The average molecular weight is 217 g/mol. The molecular weight excluding hydrogens is 202 g/mol. The normalized spacial score (nSPS) is 10.7. The van der Waals surface area contributed by atoms with Crippen LogP contribution in [-0.4, -0.2) is 5.16 Å². The highest BCUT2D eigenvalue weighted by Gasteiger charge is 2.01. The molecule has 3 heteroatoms. The van der Waals surface area contributed by atoms with Crippen molar-refractivity contribution in [2.24, 2.45) is 0 Å². The lowest BCUT2D eigenvalue weighted by Gasteiger charge is -2.07. The Bertz CT molecular complexity index is 418. The maximum absolute atomic E-state index is 5.55. The summed E-state index contributed by atoms with van der Waals surface area (Å²) in [4.78, 5) is 0. The molecule has 0 radical (unpaired) electrons. The number of hydrogen-bond donors (Lipinski definition) is 0. The zero-order valence-electron chi connectivity index (χ0n) is 9.51. The van der Waals surface area contributed by atoms with E-state index in [2.05, 4.69) is 31.1 Å². The third-order valence-electron chi connectivity index (χ3n) is 2.42. The van der Waals surface area contributed by atoms with E-state index < -0.39 is 0 Å². The van der Waals surface area contributed by atoms with Crippen LogP contribution in [0, 0.1) is 0 Å². The van der Waals surface area contributed by atoms with E-state index in [9.17, 15) is 0 Å². The van der Waals surface area contributed by atoms with Crippen LogP contribution in [0.3, 0.4) is 0 Å². The molecule has 0 saturated heterocycles. The van der Waals surface area contributed by atoms with Gasteiger partial charge in [-0.2, -0.15) is 0 Å². The SMILES string of the molecule is CC(C)c1ccc(OCc2ccno2)cc1. The summed E-state index contributed by atoms with van der Waals surface area (Å²) in [6.07, 6.45) is 1.61. The molecule has 0 aliphatic carbocycles. The third-order valence-corrected chi connectivity index (χ3v) is 2.42. The Morgan fingerprint density at radius 1 is 1.19 bits per heavy atom. The number of ether oxygens (including phenoxy) is 1. The fourth-order valence-corrected chi connectivity index (χ4v) is 1.42. The molecular formula is C13H15NO2. The molecule has 3 nitrogen and oxygen atoms in total. The number of hydrogen-bond acceptors (Lipinski definition) is 3. The summed E-state index contributed by atoms with van der Waals surface area (Å²) in [5.41, 5.74) is 1.31. The smallest absolute Gasteiger partial charge is 0.174 e. The molecule has 0 saturated carbocycles. The quantitative estimate of drug-likeness (QED) is 0.787.